The molecule has 2 N–H and O–H groups in total. The molecule has 0 spiro atoms. The molecule has 1 atom stereocenters. The molecule has 4 aliphatic rings. The molecule has 0 radical (unpaired) electrons. The van der Waals surface area contributed by atoms with Gasteiger partial charge in [-0.1, -0.05) is 18.6 Å². The zero-order valence-electron chi connectivity index (χ0n) is 35.2. The van der Waals surface area contributed by atoms with Crippen molar-refractivity contribution in [2.75, 3.05) is 56.2 Å². The topological polar surface area (TPSA) is 166 Å². The average Bonchev–Trinajstić information content (AvgIpc) is 3.88. The summed E-state index contributed by atoms with van der Waals surface area (Å²) in [5.41, 5.74) is 2.54. The van der Waals surface area contributed by atoms with Gasteiger partial charge in [0, 0.05) is 52.1 Å². The number of carbonyl (C=O) groups excluding carboxylic acids is 3. The Morgan fingerprint density at radius 1 is 0.984 bits per heavy atom. The Kier molecular flexibility index (Phi) is 12.2. The monoisotopic (exact) mass is 855 g/mol. The lowest BCUT2D eigenvalue weighted by Gasteiger charge is -2.36. The minimum Gasteiger partial charge on any atom is -0.380 e. The van der Waals surface area contributed by atoms with E-state index in [1.54, 1.807) is 33.3 Å². The van der Waals surface area contributed by atoms with Crippen LogP contribution in [0, 0.1) is 11.8 Å². The molecule has 330 valence electrons. The largest absolute Gasteiger partial charge is 0.380 e. The number of rotatable bonds is 12. The summed E-state index contributed by atoms with van der Waals surface area (Å²) in [7, 11) is 1.75. The maximum Gasteiger partial charge on any atom is 0.329 e. The fourth-order valence-corrected chi connectivity index (χ4v) is 10.2. The third-order valence-corrected chi connectivity index (χ3v) is 13.5. The number of likely N-dealkylation sites (tertiary alicyclic amines) is 1. The van der Waals surface area contributed by atoms with Crippen LogP contribution in [-0.4, -0.2) is 102 Å². The molecule has 1 aromatic carbocycles. The van der Waals surface area contributed by atoms with Crippen molar-refractivity contribution in [2.24, 2.45) is 18.9 Å². The highest BCUT2D eigenvalue weighted by atomic mass is 19.3. The molecular formula is C44H55F2N11O5. The van der Waals surface area contributed by atoms with E-state index < -0.39 is 30.0 Å². The van der Waals surface area contributed by atoms with Crippen LogP contribution in [-0.2, 0) is 27.8 Å². The summed E-state index contributed by atoms with van der Waals surface area (Å²) in [5, 5.41) is 13.7. The molecule has 7 heterocycles. The lowest BCUT2D eigenvalue weighted by Crippen LogP contribution is -2.44. The zero-order valence-corrected chi connectivity index (χ0v) is 35.2. The lowest BCUT2D eigenvalue weighted by atomic mass is 9.84. The van der Waals surface area contributed by atoms with E-state index in [1.165, 1.54) is 10.7 Å². The first-order valence-corrected chi connectivity index (χ1v) is 22.2. The van der Waals surface area contributed by atoms with Gasteiger partial charge in [0.25, 0.3) is 12.3 Å². The van der Waals surface area contributed by atoms with Crippen LogP contribution in [0.25, 0.3) is 16.7 Å². The predicted molar refractivity (Wildman–Crippen MR) is 227 cm³/mol. The van der Waals surface area contributed by atoms with Crippen LogP contribution < -0.4 is 21.2 Å². The molecule has 1 saturated carbocycles. The molecule has 3 aliphatic heterocycles. The maximum absolute atomic E-state index is 14.3. The van der Waals surface area contributed by atoms with Crippen LogP contribution in [0.3, 0.4) is 0 Å². The van der Waals surface area contributed by atoms with E-state index in [0.717, 1.165) is 107 Å². The number of piperidine rings is 2. The number of halogens is 2. The molecule has 62 heavy (non-hydrogen) atoms. The van der Waals surface area contributed by atoms with Gasteiger partial charge in [-0.15, -0.1) is 0 Å². The zero-order chi connectivity index (χ0) is 42.9. The normalized spacial score (nSPS) is 22.1. The van der Waals surface area contributed by atoms with Crippen LogP contribution in [0.2, 0.25) is 0 Å². The number of fused-ring (bicyclic) bond motifs is 2. The van der Waals surface area contributed by atoms with Crippen LogP contribution in [0.1, 0.15) is 111 Å². The minimum atomic E-state index is -2.85. The summed E-state index contributed by atoms with van der Waals surface area (Å²) >= 11 is 0. The number of para-hydroxylation sites is 1. The summed E-state index contributed by atoms with van der Waals surface area (Å²) in [6, 6.07) is 7.03. The number of amides is 3. The van der Waals surface area contributed by atoms with Crippen molar-refractivity contribution in [1.82, 2.24) is 43.7 Å². The molecular weight excluding hydrogens is 801 g/mol. The first-order valence-electron chi connectivity index (χ1n) is 22.2. The Hall–Kier alpha value is -5.49. The second-order valence-corrected chi connectivity index (χ2v) is 17.5. The van der Waals surface area contributed by atoms with Gasteiger partial charge in [0.2, 0.25) is 11.8 Å². The van der Waals surface area contributed by atoms with Crippen molar-refractivity contribution in [3.63, 3.8) is 0 Å². The number of alkyl halides is 2. The molecule has 9 rings (SSSR count). The quantitative estimate of drug-likeness (QED) is 0.155. The van der Waals surface area contributed by atoms with E-state index in [9.17, 15) is 28.0 Å². The third kappa shape index (κ3) is 8.63. The van der Waals surface area contributed by atoms with E-state index in [0.29, 0.717) is 49.5 Å². The molecule has 3 saturated heterocycles. The standard InChI is InChI=1S/C44H55F2N11O5/c1-52-39-30(7-3-8-34(39)57(44(52)61)35-13-14-37(58)50-43(35)60)6-2-5-28-15-19-53(20-16-28)26-29-9-11-31(12-10-29)56-27-33(38(51-56)40(45)46)48-42(59)32-25-47-55-21-17-36(49-41(32)55)54-18-4-23-62-24-22-54/h3,7-8,17,21,25,27-29,31,35,40H,2,4-6,9-16,18-20,22-24,26H2,1H3,(H,48,59)(H,50,58,60). The van der Waals surface area contributed by atoms with Gasteiger partial charge < -0.3 is 19.9 Å². The van der Waals surface area contributed by atoms with E-state index in [4.69, 9.17) is 9.72 Å². The first kappa shape index (κ1) is 41.8. The summed E-state index contributed by atoms with van der Waals surface area (Å²) < 4.78 is 40.5. The highest BCUT2D eigenvalue weighted by Gasteiger charge is 2.33. The number of ether oxygens (including phenoxy) is 1. The van der Waals surface area contributed by atoms with Gasteiger partial charge in [-0.2, -0.15) is 10.2 Å². The van der Waals surface area contributed by atoms with Gasteiger partial charge in [0.05, 0.1) is 35.6 Å². The molecule has 3 amide bonds. The minimum absolute atomic E-state index is 0.00158. The molecule has 0 bridgehead atoms. The van der Waals surface area contributed by atoms with Gasteiger partial charge in [0.15, 0.2) is 11.3 Å². The number of benzene rings is 1. The van der Waals surface area contributed by atoms with Crippen LogP contribution >= 0.6 is 0 Å². The second-order valence-electron chi connectivity index (χ2n) is 17.5. The van der Waals surface area contributed by atoms with Crippen molar-refractivity contribution in [3.8, 4) is 0 Å². The van der Waals surface area contributed by atoms with Gasteiger partial charge in [-0.25, -0.2) is 23.1 Å². The second kappa shape index (κ2) is 18.1. The Balaban J connectivity index is 0.748. The molecule has 4 aromatic heterocycles. The molecule has 16 nitrogen and oxygen atoms in total. The number of anilines is 2. The number of aromatic nitrogens is 7. The smallest absolute Gasteiger partial charge is 0.329 e. The first-order chi connectivity index (χ1) is 30.1. The highest BCUT2D eigenvalue weighted by molar-refractivity contribution is 6.08. The molecule has 1 aliphatic carbocycles. The number of nitrogens with one attached hydrogen (secondary N) is 2. The number of carbonyl (C=O) groups is 3. The summed E-state index contributed by atoms with van der Waals surface area (Å²) in [6.07, 6.45) is 12.1. The molecule has 4 fully saturated rings. The SMILES string of the molecule is Cn1c(=O)n(C2CCC(=O)NC2=O)c2cccc(CCCC3CCN(CC4CCC(n5cc(NC(=O)c6cnn7ccc(N8CCCOCC8)nc67)c(C(F)F)n5)CC4)CC3)c21. The summed E-state index contributed by atoms with van der Waals surface area (Å²) in [4.78, 5) is 60.6. The fourth-order valence-electron chi connectivity index (χ4n) is 10.2. The van der Waals surface area contributed by atoms with Gasteiger partial charge in [0.1, 0.15) is 17.4 Å². The third-order valence-electron chi connectivity index (χ3n) is 13.5. The number of hydrogen-bond donors (Lipinski definition) is 2. The maximum atomic E-state index is 14.3. The van der Waals surface area contributed by atoms with Crippen molar-refractivity contribution in [3.05, 3.63) is 70.2 Å². The average molecular weight is 856 g/mol. The van der Waals surface area contributed by atoms with Gasteiger partial charge >= 0.3 is 5.69 Å². The molecule has 1 unspecified atom stereocenters. The molecule has 18 heteroatoms. The van der Waals surface area contributed by atoms with Gasteiger partial charge in [-0.3, -0.25) is 33.5 Å². The van der Waals surface area contributed by atoms with Crippen LogP contribution in [0.5, 0.6) is 0 Å². The number of imidazole rings is 1. The number of imide groups is 1. The predicted octanol–water partition coefficient (Wildman–Crippen LogP) is 5.44. The lowest BCUT2D eigenvalue weighted by molar-refractivity contribution is -0.135. The highest BCUT2D eigenvalue weighted by Crippen LogP contribution is 2.36. The van der Waals surface area contributed by atoms with E-state index in [1.807, 2.05) is 18.2 Å². The number of aryl methyl sites for hydroxylation is 2. The molecule has 5 aromatic rings. The van der Waals surface area contributed by atoms with Crippen LogP contribution in [0.15, 0.2) is 47.7 Å². The number of nitrogens with zero attached hydrogens (tertiary/aromatic N) is 9. The Morgan fingerprint density at radius 2 is 1.81 bits per heavy atom. The van der Waals surface area contributed by atoms with Crippen LogP contribution in [0.4, 0.5) is 20.3 Å². The van der Waals surface area contributed by atoms with E-state index in [2.05, 4.69) is 36.7 Å². The number of hydrogen-bond acceptors (Lipinski definition) is 10. The Labute approximate surface area is 357 Å². The van der Waals surface area contributed by atoms with Crippen molar-refractivity contribution in [1.29, 1.82) is 0 Å². The Morgan fingerprint density at radius 3 is 2.60 bits per heavy atom. The Bertz CT molecular complexity index is 2490. The van der Waals surface area contributed by atoms with Crippen molar-refractivity contribution in [2.45, 2.75) is 95.6 Å². The van der Waals surface area contributed by atoms with E-state index in [-0.39, 0.29) is 35.3 Å². The summed E-state index contributed by atoms with van der Waals surface area (Å²) in [5.74, 6) is 0.576. The summed E-state index contributed by atoms with van der Waals surface area (Å²) in [6.45, 7) is 5.87. The van der Waals surface area contributed by atoms with Gasteiger partial charge in [-0.05, 0) is 107 Å². The van der Waals surface area contributed by atoms with Crippen molar-refractivity contribution >= 4 is 45.9 Å². The van der Waals surface area contributed by atoms with Crippen molar-refractivity contribution < 1.29 is 27.9 Å². The fraction of sp³-hybridized carbons (Fsp3) is 0.568. The van der Waals surface area contributed by atoms with E-state index >= 15 is 0 Å².